The summed E-state index contributed by atoms with van der Waals surface area (Å²) in [5.74, 6) is -3.32. The number of carbonyl (C=O) groups excluding carboxylic acids is 4. The summed E-state index contributed by atoms with van der Waals surface area (Å²) in [6.07, 6.45) is 1.35. The van der Waals surface area contributed by atoms with Crippen molar-refractivity contribution >= 4 is 44.2 Å². The number of sulfonamides is 1. The number of Topliss-reactive ketones (excluding diaryl/α,β-unsaturated/α-hetero) is 2. The normalized spacial score (nSPS) is 29.2. The lowest BCUT2D eigenvalue weighted by atomic mass is 9.78. The van der Waals surface area contributed by atoms with Gasteiger partial charge < -0.3 is 14.4 Å². The molecule has 6 rings (SSSR count). The van der Waals surface area contributed by atoms with Gasteiger partial charge in [-0.2, -0.15) is 13.2 Å². The van der Waals surface area contributed by atoms with Gasteiger partial charge in [0.05, 0.1) is 34.8 Å². The molecule has 2 amide bonds. The predicted octanol–water partition coefficient (Wildman–Crippen LogP) is 7.51. The molecule has 0 spiro atoms. The molecule has 2 aliphatic heterocycles. The van der Waals surface area contributed by atoms with Gasteiger partial charge in [0.1, 0.15) is 17.6 Å². The molecule has 2 saturated carbocycles. The molecule has 15 heteroatoms. The zero-order valence-electron chi connectivity index (χ0n) is 34.1. The van der Waals surface area contributed by atoms with E-state index in [1.165, 1.54) is 4.90 Å². The highest BCUT2D eigenvalue weighted by molar-refractivity contribution is 7.90. The summed E-state index contributed by atoms with van der Waals surface area (Å²) in [6.45, 7) is 9.51. The van der Waals surface area contributed by atoms with Crippen molar-refractivity contribution in [2.24, 2.45) is 34.5 Å². The van der Waals surface area contributed by atoms with E-state index in [9.17, 15) is 40.8 Å². The molecule has 1 aromatic heterocycles. The van der Waals surface area contributed by atoms with Crippen molar-refractivity contribution < 1.29 is 50.2 Å². The molecule has 318 valence electrons. The summed E-state index contributed by atoms with van der Waals surface area (Å²) in [4.78, 5) is 62.7. The quantitative estimate of drug-likeness (QED) is 0.227. The molecule has 3 heterocycles. The number of nitrogens with zero attached hydrogens (tertiary/aromatic N) is 2. The van der Waals surface area contributed by atoms with Gasteiger partial charge in [0.25, 0.3) is 0 Å². The molecule has 1 N–H and O–H groups in total. The maximum Gasteiger partial charge on any atom is 0.394 e. The first-order valence-electron chi connectivity index (χ1n) is 20.5. The smallest absolute Gasteiger partial charge is 0.394 e. The fourth-order valence-corrected chi connectivity index (χ4v) is 10.0. The highest BCUT2D eigenvalue weighted by atomic mass is 32.2. The van der Waals surface area contributed by atoms with E-state index in [0.717, 1.165) is 19.2 Å². The number of pyridine rings is 1. The van der Waals surface area contributed by atoms with Crippen LogP contribution in [-0.2, 0) is 29.2 Å². The molecule has 0 radical (unpaired) electrons. The zero-order valence-corrected chi connectivity index (χ0v) is 35.0. The number of carbonyl (C=O) groups is 4. The Morgan fingerprint density at radius 2 is 1.79 bits per heavy atom. The summed E-state index contributed by atoms with van der Waals surface area (Å²) in [5.41, 5.74) is -3.65. The van der Waals surface area contributed by atoms with Crippen LogP contribution < -0.4 is 14.2 Å². The molecule has 1 saturated heterocycles. The van der Waals surface area contributed by atoms with Gasteiger partial charge in [0, 0.05) is 43.2 Å². The van der Waals surface area contributed by atoms with E-state index in [-0.39, 0.29) is 43.7 Å². The van der Waals surface area contributed by atoms with Gasteiger partial charge in [-0.25, -0.2) is 13.4 Å². The molecule has 2 aliphatic carbocycles. The fraction of sp³-hybridized carbons (Fsp3) is 0.651. The van der Waals surface area contributed by atoms with Crippen molar-refractivity contribution in [2.45, 2.75) is 135 Å². The van der Waals surface area contributed by atoms with E-state index < -0.39 is 98.4 Å². The van der Waals surface area contributed by atoms with Crippen molar-refractivity contribution in [3.63, 3.8) is 0 Å². The molecule has 1 aromatic carbocycles. The Kier molecular flexibility index (Phi) is 12.4. The predicted molar refractivity (Wildman–Crippen MR) is 211 cm³/mol. The number of allylic oxidation sites excluding steroid dienone is 2. The standard InChI is InChI=1S/C43H56F3N3O8S/c1-25(2)56-31-11-14-34-28(18-31)15-16-47-38(34)57-32-20-36-37(51)23-42(40(53)48-58(54,55)33-12-13-33)21-29(42)10-8-7-9-26(3)17-27(4)35(39(52)49(36)24-32)19-30(50)22-41(5,6)43(44,45)46/h8,10-11,14-16,18,25-27,29,32-33,35-36H,7,9,12-13,17,19-24H2,1-6H3,(H,48,53)/b10-8-/t26-,27-,29-,32-,35+,36+,42-/m1/s1. The SMILES string of the molecule is CC(C)Oc1ccc2c(O[C@@H]3C[C@H]4C(=O)C[C@]5(C(=O)NS(=O)(=O)C6CC6)C[C@H]5/C=C\CC[C@@H](C)C[C@@H](C)[C@H](CC(=O)CC(C)(C)C(F)(F)F)C(=O)N4C3)nccc2c1. The second-order valence-corrected chi connectivity index (χ2v) is 20.1. The summed E-state index contributed by atoms with van der Waals surface area (Å²) < 4.78 is 82.1. The number of amides is 2. The lowest BCUT2D eigenvalue weighted by Crippen LogP contribution is -2.47. The van der Waals surface area contributed by atoms with Gasteiger partial charge in [-0.15, -0.1) is 0 Å². The lowest BCUT2D eigenvalue weighted by Gasteiger charge is -2.33. The Morgan fingerprint density at radius 3 is 2.47 bits per heavy atom. The van der Waals surface area contributed by atoms with Crippen molar-refractivity contribution in [2.75, 3.05) is 6.54 Å². The highest BCUT2D eigenvalue weighted by Crippen LogP contribution is 2.57. The van der Waals surface area contributed by atoms with E-state index in [0.29, 0.717) is 43.2 Å². The molecule has 7 atom stereocenters. The molecule has 4 aliphatic rings. The number of nitrogens with one attached hydrogen (secondary N) is 1. The van der Waals surface area contributed by atoms with Crippen LogP contribution in [0.25, 0.3) is 10.8 Å². The van der Waals surface area contributed by atoms with Gasteiger partial charge in [0.15, 0.2) is 5.78 Å². The third-order valence-corrected chi connectivity index (χ3v) is 14.2. The monoisotopic (exact) mass is 831 g/mol. The van der Waals surface area contributed by atoms with Crippen molar-refractivity contribution in [3.05, 3.63) is 42.6 Å². The van der Waals surface area contributed by atoms with Gasteiger partial charge >= 0.3 is 6.18 Å². The van der Waals surface area contributed by atoms with Crippen LogP contribution in [0.15, 0.2) is 42.6 Å². The Balaban J connectivity index is 1.34. The van der Waals surface area contributed by atoms with Crippen LogP contribution in [0, 0.1) is 34.5 Å². The first-order valence-corrected chi connectivity index (χ1v) is 22.0. The summed E-state index contributed by atoms with van der Waals surface area (Å²) in [6, 6.07) is 6.15. The van der Waals surface area contributed by atoms with Crippen LogP contribution in [0.5, 0.6) is 11.6 Å². The molecule has 0 unspecified atom stereocenters. The number of hydrogen-bond acceptors (Lipinski definition) is 9. The van der Waals surface area contributed by atoms with E-state index in [1.807, 2.05) is 52.0 Å². The molecule has 58 heavy (non-hydrogen) atoms. The summed E-state index contributed by atoms with van der Waals surface area (Å²) >= 11 is 0. The maximum absolute atomic E-state index is 14.9. The van der Waals surface area contributed by atoms with Gasteiger partial charge in [0.2, 0.25) is 27.7 Å². The molecule has 11 nitrogen and oxygen atoms in total. The number of hydrogen-bond donors (Lipinski definition) is 1. The zero-order chi connectivity index (χ0) is 42.4. The minimum absolute atomic E-state index is 0.0162. The summed E-state index contributed by atoms with van der Waals surface area (Å²) in [7, 11) is -3.92. The Hall–Kier alpha value is -4.01. The van der Waals surface area contributed by atoms with Crippen LogP contribution in [0.2, 0.25) is 0 Å². The average molecular weight is 832 g/mol. The number of rotatable bonds is 11. The maximum atomic E-state index is 14.9. The molecule has 0 bridgehead atoms. The number of aromatic nitrogens is 1. The lowest BCUT2D eigenvalue weighted by molar-refractivity contribution is -0.213. The molecule has 2 aromatic rings. The van der Waals surface area contributed by atoms with E-state index in [1.54, 1.807) is 18.3 Å². The average Bonchev–Trinajstić information content (AvgIpc) is 4.04. The first-order chi connectivity index (χ1) is 27.1. The van der Waals surface area contributed by atoms with Crippen molar-refractivity contribution in [1.82, 2.24) is 14.6 Å². The van der Waals surface area contributed by atoms with Crippen LogP contribution in [-0.4, -0.2) is 77.9 Å². The second-order valence-electron chi connectivity index (χ2n) is 18.2. The molecule has 3 fully saturated rings. The number of fused-ring (bicyclic) bond motifs is 3. The Labute approximate surface area is 338 Å². The van der Waals surface area contributed by atoms with Crippen LogP contribution in [0.1, 0.15) is 106 Å². The number of halogens is 3. The van der Waals surface area contributed by atoms with Gasteiger partial charge in [-0.1, -0.05) is 39.8 Å². The van der Waals surface area contributed by atoms with E-state index in [4.69, 9.17) is 9.47 Å². The van der Waals surface area contributed by atoms with Crippen LogP contribution >= 0.6 is 0 Å². The topological polar surface area (TPSA) is 149 Å². The van der Waals surface area contributed by atoms with E-state index >= 15 is 0 Å². The molecular formula is C43H56F3N3O8S. The van der Waals surface area contributed by atoms with Gasteiger partial charge in [-0.05, 0) is 99.8 Å². The Morgan fingerprint density at radius 1 is 1.07 bits per heavy atom. The van der Waals surface area contributed by atoms with E-state index in [2.05, 4.69) is 9.71 Å². The van der Waals surface area contributed by atoms with Gasteiger partial charge in [-0.3, -0.25) is 23.9 Å². The Bertz CT molecular complexity index is 2050. The second kappa shape index (κ2) is 16.6. The first kappa shape index (κ1) is 43.6. The third kappa shape index (κ3) is 9.71. The number of ketones is 2. The van der Waals surface area contributed by atoms with Crippen molar-refractivity contribution in [3.8, 4) is 11.6 Å². The number of benzene rings is 1. The third-order valence-electron chi connectivity index (χ3n) is 12.4. The fourth-order valence-electron chi connectivity index (χ4n) is 8.62. The van der Waals surface area contributed by atoms with Crippen LogP contribution in [0.3, 0.4) is 0 Å². The van der Waals surface area contributed by atoms with Crippen LogP contribution in [0.4, 0.5) is 13.2 Å². The number of alkyl halides is 3. The van der Waals surface area contributed by atoms with Crippen molar-refractivity contribution in [1.29, 1.82) is 0 Å². The summed E-state index contributed by atoms with van der Waals surface area (Å²) in [5, 5.41) is 0.800. The number of ether oxygens (including phenoxy) is 2. The minimum atomic E-state index is -4.64. The largest absolute Gasteiger partial charge is 0.491 e. The minimum Gasteiger partial charge on any atom is -0.491 e. The molecular weight excluding hydrogens is 776 g/mol. The highest BCUT2D eigenvalue weighted by Gasteiger charge is 2.62.